The van der Waals surface area contributed by atoms with Crippen LogP contribution < -0.4 is 0 Å². The molecule has 1 fully saturated rings. The van der Waals surface area contributed by atoms with E-state index < -0.39 is 30.1 Å². The van der Waals surface area contributed by atoms with Crippen LogP contribution >= 0.6 is 0 Å². The van der Waals surface area contributed by atoms with Gasteiger partial charge in [-0.15, -0.1) is 0 Å². The molecule has 1 saturated heterocycles. The first-order chi connectivity index (χ1) is 13.5. The molecule has 2 aromatic rings. The summed E-state index contributed by atoms with van der Waals surface area (Å²) >= 11 is 0. The number of amides is 2. The Kier molecular flexibility index (Phi) is 4.47. The lowest BCUT2D eigenvalue weighted by molar-refractivity contribution is -0.146. The summed E-state index contributed by atoms with van der Waals surface area (Å²) < 4.78 is 6.08. The van der Waals surface area contributed by atoms with E-state index >= 15 is 0 Å². The van der Waals surface area contributed by atoms with Gasteiger partial charge in [0.1, 0.15) is 24.9 Å². The largest absolute Gasteiger partial charge is 0.480 e. The summed E-state index contributed by atoms with van der Waals surface area (Å²) in [5.41, 5.74) is 1.77. The van der Waals surface area contributed by atoms with Crippen molar-refractivity contribution in [1.29, 1.82) is 0 Å². The highest BCUT2D eigenvalue weighted by Gasteiger charge is 2.53. The highest BCUT2D eigenvalue weighted by atomic mass is 16.7. The fraction of sp³-hybridized carbons (Fsp3) is 0.333. The van der Waals surface area contributed by atoms with Crippen molar-refractivity contribution >= 4 is 18.0 Å². The van der Waals surface area contributed by atoms with E-state index in [-0.39, 0.29) is 19.7 Å². The molecule has 2 aliphatic heterocycles. The molecule has 146 valence electrons. The molecule has 2 atom stereocenters. The van der Waals surface area contributed by atoms with E-state index in [9.17, 15) is 14.4 Å². The zero-order chi connectivity index (χ0) is 19.8. The van der Waals surface area contributed by atoms with Gasteiger partial charge in [0.15, 0.2) is 6.04 Å². The number of fused-ring (bicyclic) bond motifs is 4. The van der Waals surface area contributed by atoms with Crippen LogP contribution in [0.5, 0.6) is 0 Å². The monoisotopic (exact) mass is 386 g/mol. The van der Waals surface area contributed by atoms with Crippen molar-refractivity contribution in [3.05, 3.63) is 53.3 Å². The van der Waals surface area contributed by atoms with Gasteiger partial charge in [0.2, 0.25) is 0 Å². The summed E-state index contributed by atoms with van der Waals surface area (Å²) in [6, 6.07) is 7.38. The van der Waals surface area contributed by atoms with Gasteiger partial charge in [0, 0.05) is 11.8 Å². The van der Waals surface area contributed by atoms with Gasteiger partial charge in [-0.1, -0.05) is 30.3 Å². The quantitative estimate of drug-likeness (QED) is 0.740. The van der Waals surface area contributed by atoms with Crippen molar-refractivity contribution in [3.8, 4) is 0 Å². The second-order valence-corrected chi connectivity index (χ2v) is 6.52. The van der Waals surface area contributed by atoms with Crippen molar-refractivity contribution in [3.63, 3.8) is 0 Å². The Morgan fingerprint density at radius 1 is 1.29 bits per heavy atom. The van der Waals surface area contributed by atoms with Crippen LogP contribution in [0.1, 0.15) is 28.9 Å². The first kappa shape index (κ1) is 18.0. The number of rotatable bonds is 6. The smallest absolute Gasteiger partial charge is 0.345 e. The Labute approximate surface area is 159 Å². The van der Waals surface area contributed by atoms with Crippen molar-refractivity contribution < 1.29 is 29.1 Å². The van der Waals surface area contributed by atoms with Gasteiger partial charge in [0.05, 0.1) is 13.7 Å². The van der Waals surface area contributed by atoms with Gasteiger partial charge in [-0.25, -0.2) is 9.59 Å². The average molecular weight is 386 g/mol. The summed E-state index contributed by atoms with van der Waals surface area (Å²) in [4.78, 5) is 43.3. The Morgan fingerprint density at radius 3 is 2.71 bits per heavy atom. The van der Waals surface area contributed by atoms with Crippen LogP contribution in [-0.4, -0.2) is 56.5 Å². The van der Waals surface area contributed by atoms with Crippen molar-refractivity contribution in [2.24, 2.45) is 0 Å². The fourth-order valence-corrected chi connectivity index (χ4v) is 3.54. The van der Waals surface area contributed by atoms with Crippen molar-refractivity contribution in [2.45, 2.75) is 25.2 Å². The molecule has 1 aromatic carbocycles. The standard InChI is InChI=1S/C18H18N4O6/c1-27-17(25)16-15-12(7-20(19-15)9-14(23)24)13-8-21(16)18(26)22(13)28-10-11-5-3-2-4-6-11/h2-7,13,16H,8-10H2,1H3,(H,23,24)/t13-,16?/m1/s1. The molecule has 10 nitrogen and oxygen atoms in total. The van der Waals surface area contributed by atoms with E-state index in [0.717, 1.165) is 5.56 Å². The van der Waals surface area contributed by atoms with E-state index in [0.29, 0.717) is 11.3 Å². The number of aliphatic carboxylic acids is 1. The van der Waals surface area contributed by atoms with E-state index in [1.54, 1.807) is 6.20 Å². The zero-order valence-electron chi connectivity index (χ0n) is 15.0. The molecule has 10 heteroatoms. The molecule has 0 radical (unpaired) electrons. The lowest BCUT2D eigenvalue weighted by atomic mass is 9.98. The molecule has 0 aliphatic carbocycles. The minimum Gasteiger partial charge on any atom is -0.480 e. The number of benzene rings is 1. The van der Waals surface area contributed by atoms with Crippen LogP contribution in [-0.2, 0) is 32.3 Å². The minimum absolute atomic E-state index is 0.179. The van der Waals surface area contributed by atoms with Crippen LogP contribution in [0.25, 0.3) is 0 Å². The first-order valence-electron chi connectivity index (χ1n) is 8.63. The normalized spacial score (nSPS) is 20.2. The SMILES string of the molecule is COC(=O)C1c2nn(CC(=O)O)cc2[C@H]2CN1C(=O)N2OCc1ccccc1. The number of hydroxylamine groups is 2. The number of ether oxygens (including phenoxy) is 1. The van der Waals surface area contributed by atoms with Gasteiger partial charge in [0.25, 0.3) is 0 Å². The van der Waals surface area contributed by atoms with Crippen molar-refractivity contribution in [1.82, 2.24) is 19.7 Å². The highest BCUT2D eigenvalue weighted by molar-refractivity contribution is 5.87. The first-order valence-corrected chi connectivity index (χ1v) is 8.63. The number of carbonyl (C=O) groups excluding carboxylic acids is 2. The van der Waals surface area contributed by atoms with Gasteiger partial charge in [-0.3, -0.25) is 14.3 Å². The molecule has 2 amide bonds. The maximum atomic E-state index is 12.9. The molecular formula is C18H18N4O6. The Balaban J connectivity index is 1.66. The minimum atomic E-state index is -1.06. The van der Waals surface area contributed by atoms with Crippen LogP contribution in [0, 0.1) is 0 Å². The van der Waals surface area contributed by atoms with E-state index in [1.807, 2.05) is 30.3 Å². The Hall–Kier alpha value is -3.40. The van der Waals surface area contributed by atoms with E-state index in [1.165, 1.54) is 21.8 Å². The molecule has 3 heterocycles. The summed E-state index contributed by atoms with van der Waals surface area (Å²) in [5, 5.41) is 14.5. The second-order valence-electron chi connectivity index (χ2n) is 6.52. The van der Waals surface area contributed by atoms with Crippen LogP contribution in [0.4, 0.5) is 4.79 Å². The van der Waals surface area contributed by atoms with Crippen LogP contribution in [0.2, 0.25) is 0 Å². The third-order valence-corrected chi connectivity index (χ3v) is 4.77. The predicted molar refractivity (Wildman–Crippen MR) is 92.5 cm³/mol. The zero-order valence-corrected chi connectivity index (χ0v) is 15.0. The van der Waals surface area contributed by atoms with Crippen molar-refractivity contribution in [2.75, 3.05) is 13.7 Å². The topological polar surface area (TPSA) is 114 Å². The second kappa shape index (κ2) is 6.97. The van der Waals surface area contributed by atoms with Gasteiger partial charge in [-0.05, 0) is 5.56 Å². The summed E-state index contributed by atoms with van der Waals surface area (Å²) in [6.45, 7) is 0.0456. The molecule has 2 aliphatic rings. The molecular weight excluding hydrogens is 368 g/mol. The van der Waals surface area contributed by atoms with E-state index in [2.05, 4.69) is 5.10 Å². The lowest BCUT2D eigenvalue weighted by Crippen LogP contribution is -2.39. The number of esters is 1. The molecule has 0 saturated carbocycles. The molecule has 4 rings (SSSR count). The van der Waals surface area contributed by atoms with Gasteiger partial charge < -0.3 is 14.7 Å². The third kappa shape index (κ3) is 2.97. The number of carboxylic acid groups (broad SMARTS) is 1. The maximum absolute atomic E-state index is 12.9. The molecule has 0 spiro atoms. The van der Waals surface area contributed by atoms with Crippen LogP contribution in [0.3, 0.4) is 0 Å². The number of hydrogen-bond donors (Lipinski definition) is 1. The summed E-state index contributed by atoms with van der Waals surface area (Å²) in [5.74, 6) is -1.70. The Morgan fingerprint density at radius 2 is 2.04 bits per heavy atom. The van der Waals surface area contributed by atoms with Gasteiger partial charge in [-0.2, -0.15) is 10.2 Å². The number of aromatic nitrogens is 2. The summed E-state index contributed by atoms with van der Waals surface area (Å²) in [7, 11) is 1.23. The number of carbonyl (C=O) groups is 3. The van der Waals surface area contributed by atoms with Crippen LogP contribution in [0.15, 0.2) is 36.5 Å². The maximum Gasteiger partial charge on any atom is 0.345 e. The number of nitrogens with zero attached hydrogens (tertiary/aromatic N) is 4. The molecule has 1 N–H and O–H groups in total. The van der Waals surface area contributed by atoms with E-state index in [4.69, 9.17) is 14.7 Å². The van der Waals surface area contributed by atoms with Gasteiger partial charge >= 0.3 is 18.0 Å². The fourth-order valence-electron chi connectivity index (χ4n) is 3.54. The predicted octanol–water partition coefficient (Wildman–Crippen LogP) is 1.11. The third-order valence-electron chi connectivity index (χ3n) is 4.77. The molecule has 1 unspecified atom stereocenters. The number of carboxylic acids is 1. The highest BCUT2D eigenvalue weighted by Crippen LogP contribution is 2.43. The Bertz CT molecular complexity index is 927. The average Bonchev–Trinajstić information content (AvgIpc) is 3.21. The number of methoxy groups -OCH3 is 1. The number of hydrogen-bond acceptors (Lipinski definition) is 6. The summed E-state index contributed by atoms with van der Waals surface area (Å²) in [6.07, 6.45) is 1.54. The molecule has 1 aromatic heterocycles. The molecule has 2 bridgehead atoms. The lowest BCUT2D eigenvalue weighted by Gasteiger charge is -2.27. The molecule has 28 heavy (non-hydrogen) atoms. The number of urea groups is 1.